The van der Waals surface area contributed by atoms with Crippen LogP contribution in [0.3, 0.4) is 0 Å². The lowest BCUT2D eigenvalue weighted by Crippen LogP contribution is -2.14. The van der Waals surface area contributed by atoms with Crippen LogP contribution in [0.15, 0.2) is 53.1 Å². The van der Waals surface area contributed by atoms with Crippen LogP contribution in [0.1, 0.15) is 5.69 Å². The number of nitrogens with zero attached hydrogens (tertiary/aromatic N) is 1. The lowest BCUT2D eigenvalue weighted by Gasteiger charge is -2.04. The molecule has 0 amide bonds. The van der Waals surface area contributed by atoms with Crippen LogP contribution in [0.5, 0.6) is 5.75 Å². The molecule has 3 nitrogen and oxygen atoms in total. The molecule has 2 rings (SSSR count). The number of carbonyl (C=O) groups excluding carboxylic acids is 1. The second-order valence-electron chi connectivity index (χ2n) is 3.78. The van der Waals surface area contributed by atoms with E-state index < -0.39 is 0 Å². The number of hydrogen-bond acceptors (Lipinski definition) is 3. The maximum Gasteiger partial charge on any atom is 0.176 e. The van der Waals surface area contributed by atoms with Gasteiger partial charge in [0.1, 0.15) is 12.4 Å². The van der Waals surface area contributed by atoms with E-state index in [-0.39, 0.29) is 12.4 Å². The number of Topliss-reactive ketones (excluding diaryl/α,β-unsaturated/α-hetero) is 1. The Kier molecular flexibility index (Phi) is 4.47. The first-order valence-corrected chi connectivity index (χ1v) is 6.33. The number of aromatic nitrogens is 1. The van der Waals surface area contributed by atoms with Crippen molar-refractivity contribution >= 4 is 21.7 Å². The van der Waals surface area contributed by atoms with Gasteiger partial charge in [-0.1, -0.05) is 18.2 Å². The van der Waals surface area contributed by atoms with Crippen LogP contribution in [0.25, 0.3) is 0 Å². The van der Waals surface area contributed by atoms with Crippen molar-refractivity contribution in [3.8, 4) is 5.75 Å². The maximum absolute atomic E-state index is 11.7. The molecule has 1 aromatic carbocycles. The Morgan fingerprint density at radius 1 is 1.17 bits per heavy atom. The van der Waals surface area contributed by atoms with Crippen LogP contribution in [0.2, 0.25) is 0 Å². The fourth-order valence-electron chi connectivity index (χ4n) is 1.44. The van der Waals surface area contributed by atoms with E-state index in [2.05, 4.69) is 20.9 Å². The lowest BCUT2D eigenvalue weighted by atomic mass is 10.2. The summed E-state index contributed by atoms with van der Waals surface area (Å²) in [6.07, 6.45) is 1.97. The third kappa shape index (κ3) is 3.96. The van der Waals surface area contributed by atoms with Crippen LogP contribution in [0, 0.1) is 0 Å². The summed E-state index contributed by atoms with van der Waals surface area (Å²) in [4.78, 5) is 15.8. The quantitative estimate of drug-likeness (QED) is 0.852. The van der Waals surface area contributed by atoms with E-state index in [1.807, 2.05) is 42.5 Å². The number of carbonyl (C=O) groups is 1. The first-order chi connectivity index (χ1) is 8.74. The van der Waals surface area contributed by atoms with Crippen molar-refractivity contribution in [1.82, 2.24) is 4.98 Å². The van der Waals surface area contributed by atoms with Gasteiger partial charge in [0.15, 0.2) is 5.78 Å². The average molecular weight is 306 g/mol. The molecule has 0 radical (unpaired) electrons. The highest BCUT2D eigenvalue weighted by Crippen LogP contribution is 2.10. The fourth-order valence-corrected chi connectivity index (χ4v) is 1.68. The zero-order valence-electron chi connectivity index (χ0n) is 9.67. The summed E-state index contributed by atoms with van der Waals surface area (Å²) in [6, 6.07) is 13.0. The standard InChI is InChI=1S/C14H12BrNO2/c15-11-6-7-12(16-9-11)8-13(17)10-18-14-4-2-1-3-5-14/h1-7,9H,8,10H2. The summed E-state index contributed by atoms with van der Waals surface area (Å²) in [5.74, 6) is 0.711. The summed E-state index contributed by atoms with van der Waals surface area (Å²) in [5, 5.41) is 0. The normalized spacial score (nSPS) is 10.1. The summed E-state index contributed by atoms with van der Waals surface area (Å²) in [6.45, 7) is 0.0712. The zero-order valence-corrected chi connectivity index (χ0v) is 11.3. The van der Waals surface area contributed by atoms with Crippen molar-refractivity contribution in [1.29, 1.82) is 0 Å². The third-order valence-electron chi connectivity index (χ3n) is 2.31. The molecule has 0 saturated heterocycles. The molecule has 0 bridgehead atoms. The number of benzene rings is 1. The Labute approximate surface area is 114 Å². The maximum atomic E-state index is 11.7. The minimum absolute atomic E-state index is 0.00803. The van der Waals surface area contributed by atoms with Crippen molar-refractivity contribution in [2.24, 2.45) is 0 Å². The van der Waals surface area contributed by atoms with Gasteiger partial charge in [0, 0.05) is 16.4 Å². The monoisotopic (exact) mass is 305 g/mol. The Morgan fingerprint density at radius 3 is 2.61 bits per heavy atom. The Morgan fingerprint density at radius 2 is 1.94 bits per heavy atom. The first-order valence-electron chi connectivity index (χ1n) is 5.54. The van der Waals surface area contributed by atoms with Crippen molar-refractivity contribution in [3.63, 3.8) is 0 Å². The average Bonchev–Trinajstić information content (AvgIpc) is 2.40. The van der Waals surface area contributed by atoms with E-state index in [1.54, 1.807) is 6.20 Å². The fraction of sp³-hybridized carbons (Fsp3) is 0.143. The molecule has 0 aliphatic heterocycles. The molecule has 1 aromatic heterocycles. The SMILES string of the molecule is O=C(COc1ccccc1)Cc1ccc(Br)cn1. The highest BCUT2D eigenvalue weighted by Gasteiger charge is 2.05. The van der Waals surface area contributed by atoms with E-state index in [9.17, 15) is 4.79 Å². The summed E-state index contributed by atoms with van der Waals surface area (Å²) in [7, 11) is 0. The van der Waals surface area contributed by atoms with E-state index in [0.717, 1.165) is 10.2 Å². The molecular formula is C14H12BrNO2. The highest BCUT2D eigenvalue weighted by atomic mass is 79.9. The first kappa shape index (κ1) is 12.8. The topological polar surface area (TPSA) is 39.2 Å². The Bertz CT molecular complexity index is 511. The van der Waals surface area contributed by atoms with Crippen LogP contribution in [0.4, 0.5) is 0 Å². The minimum atomic E-state index is 0.00803. The number of ketones is 1. The van der Waals surface area contributed by atoms with Gasteiger partial charge in [0.05, 0.1) is 6.42 Å². The van der Waals surface area contributed by atoms with Crippen LogP contribution in [-0.2, 0) is 11.2 Å². The highest BCUT2D eigenvalue weighted by molar-refractivity contribution is 9.10. The third-order valence-corrected chi connectivity index (χ3v) is 2.78. The van der Waals surface area contributed by atoms with Gasteiger partial charge < -0.3 is 4.74 Å². The van der Waals surface area contributed by atoms with Gasteiger partial charge in [0.25, 0.3) is 0 Å². The van der Waals surface area contributed by atoms with Crippen LogP contribution in [-0.4, -0.2) is 17.4 Å². The van der Waals surface area contributed by atoms with Gasteiger partial charge >= 0.3 is 0 Å². The molecule has 2 aromatic rings. The minimum Gasteiger partial charge on any atom is -0.486 e. The predicted octanol–water partition coefficient (Wildman–Crippen LogP) is 3.03. The zero-order chi connectivity index (χ0) is 12.8. The Balaban J connectivity index is 1.84. The molecular weight excluding hydrogens is 294 g/mol. The molecule has 0 saturated carbocycles. The van der Waals surface area contributed by atoms with Crippen molar-refractivity contribution < 1.29 is 9.53 Å². The van der Waals surface area contributed by atoms with Crippen LogP contribution < -0.4 is 4.74 Å². The lowest BCUT2D eigenvalue weighted by molar-refractivity contribution is -0.120. The van der Waals surface area contributed by atoms with Crippen molar-refractivity contribution in [3.05, 3.63) is 58.8 Å². The molecule has 1 heterocycles. The van der Waals surface area contributed by atoms with Gasteiger partial charge in [-0.15, -0.1) is 0 Å². The number of ether oxygens (including phenoxy) is 1. The van der Waals surface area contributed by atoms with Crippen LogP contribution >= 0.6 is 15.9 Å². The predicted molar refractivity (Wildman–Crippen MR) is 72.6 cm³/mol. The summed E-state index contributed by atoms with van der Waals surface area (Å²) in [5.41, 5.74) is 0.750. The smallest absolute Gasteiger partial charge is 0.176 e. The second kappa shape index (κ2) is 6.31. The Hall–Kier alpha value is -1.68. The summed E-state index contributed by atoms with van der Waals surface area (Å²) < 4.78 is 6.28. The van der Waals surface area contributed by atoms with E-state index >= 15 is 0 Å². The van der Waals surface area contributed by atoms with Gasteiger partial charge in [-0.3, -0.25) is 9.78 Å². The van der Waals surface area contributed by atoms with Gasteiger partial charge in [-0.25, -0.2) is 0 Å². The molecule has 0 aliphatic rings. The largest absolute Gasteiger partial charge is 0.486 e. The molecule has 0 spiro atoms. The molecule has 18 heavy (non-hydrogen) atoms. The van der Waals surface area contributed by atoms with Crippen molar-refractivity contribution in [2.45, 2.75) is 6.42 Å². The van der Waals surface area contributed by atoms with Gasteiger partial charge in [-0.05, 0) is 40.2 Å². The van der Waals surface area contributed by atoms with Gasteiger partial charge in [-0.2, -0.15) is 0 Å². The van der Waals surface area contributed by atoms with Gasteiger partial charge in [0.2, 0.25) is 0 Å². The molecule has 0 N–H and O–H groups in total. The van der Waals surface area contributed by atoms with E-state index in [0.29, 0.717) is 12.2 Å². The molecule has 0 unspecified atom stereocenters. The molecule has 92 valence electrons. The van der Waals surface area contributed by atoms with E-state index in [1.165, 1.54) is 0 Å². The summed E-state index contributed by atoms with van der Waals surface area (Å²) >= 11 is 3.30. The number of para-hydroxylation sites is 1. The van der Waals surface area contributed by atoms with Crippen molar-refractivity contribution in [2.75, 3.05) is 6.61 Å². The molecule has 0 fully saturated rings. The van der Waals surface area contributed by atoms with E-state index in [4.69, 9.17) is 4.74 Å². The second-order valence-corrected chi connectivity index (χ2v) is 4.70. The number of pyridine rings is 1. The number of hydrogen-bond donors (Lipinski definition) is 0. The number of rotatable bonds is 5. The molecule has 0 atom stereocenters. The number of halogens is 1. The molecule has 0 aliphatic carbocycles. The molecule has 4 heteroatoms.